The molecule has 1 fully saturated rings. The Bertz CT molecular complexity index is 1110. The standard InChI is InChI=1S/C21H24ClN7O2/c1-21(2,31)14-7-8-29(12-14)18-9-17(19(22)27-26-18)25-20(30)16-6-4-5-15(24-16)13-10-23-28(3)11-13/h4-6,9-11,14,31H,7-8,12H2,1-3H3,(H,25,26,30)/t14-/m0/s1. The van der Waals surface area contributed by atoms with E-state index in [9.17, 15) is 9.90 Å². The summed E-state index contributed by atoms with van der Waals surface area (Å²) in [5.74, 6) is 0.327. The third-order valence-electron chi connectivity index (χ3n) is 5.48. The van der Waals surface area contributed by atoms with Crippen LogP contribution < -0.4 is 10.2 Å². The zero-order valence-corrected chi connectivity index (χ0v) is 18.3. The highest BCUT2D eigenvalue weighted by Crippen LogP contribution is 2.31. The second kappa shape index (κ2) is 8.24. The van der Waals surface area contributed by atoms with Gasteiger partial charge in [0.1, 0.15) is 5.69 Å². The number of hydrogen-bond donors (Lipinski definition) is 2. The Balaban J connectivity index is 1.52. The van der Waals surface area contributed by atoms with E-state index in [1.165, 1.54) is 0 Å². The molecule has 1 amide bonds. The summed E-state index contributed by atoms with van der Waals surface area (Å²) in [6.07, 6.45) is 4.37. The van der Waals surface area contributed by atoms with Crippen LogP contribution in [0.3, 0.4) is 0 Å². The highest BCUT2D eigenvalue weighted by atomic mass is 35.5. The van der Waals surface area contributed by atoms with Crippen LogP contribution in [-0.2, 0) is 7.05 Å². The number of carbonyl (C=O) groups excluding carboxylic acids is 1. The Morgan fingerprint density at radius 2 is 2.13 bits per heavy atom. The van der Waals surface area contributed by atoms with Gasteiger partial charge in [0.25, 0.3) is 5.91 Å². The lowest BCUT2D eigenvalue weighted by atomic mass is 9.90. The summed E-state index contributed by atoms with van der Waals surface area (Å²) in [5, 5.41) is 25.4. The van der Waals surface area contributed by atoms with Crippen LogP contribution in [0.25, 0.3) is 11.3 Å². The fraction of sp³-hybridized carbons (Fsp3) is 0.381. The number of aryl methyl sites for hydroxylation is 1. The predicted octanol–water partition coefficient (Wildman–Crippen LogP) is 2.78. The van der Waals surface area contributed by atoms with Crippen LogP contribution in [0, 0.1) is 5.92 Å². The smallest absolute Gasteiger partial charge is 0.274 e. The molecule has 3 aromatic heterocycles. The molecule has 1 atom stereocenters. The Hall–Kier alpha value is -3.04. The molecular weight excluding hydrogens is 418 g/mol. The molecule has 0 aromatic carbocycles. The maximum absolute atomic E-state index is 12.8. The van der Waals surface area contributed by atoms with Gasteiger partial charge < -0.3 is 15.3 Å². The fourth-order valence-electron chi connectivity index (χ4n) is 3.62. The minimum Gasteiger partial charge on any atom is -0.390 e. The first-order valence-electron chi connectivity index (χ1n) is 9.98. The molecule has 4 rings (SSSR count). The van der Waals surface area contributed by atoms with Crippen LogP contribution in [0.1, 0.15) is 30.8 Å². The molecule has 1 saturated heterocycles. The first kappa shape index (κ1) is 21.2. The van der Waals surface area contributed by atoms with E-state index in [1.807, 2.05) is 38.1 Å². The van der Waals surface area contributed by atoms with Gasteiger partial charge in [-0.3, -0.25) is 9.48 Å². The third kappa shape index (κ3) is 4.67. The highest BCUT2D eigenvalue weighted by Gasteiger charge is 2.34. The van der Waals surface area contributed by atoms with Crippen LogP contribution in [0.4, 0.5) is 11.5 Å². The normalized spacial score (nSPS) is 16.5. The van der Waals surface area contributed by atoms with Crippen molar-refractivity contribution < 1.29 is 9.90 Å². The Morgan fingerprint density at radius 1 is 1.32 bits per heavy atom. The molecule has 3 aromatic rings. The number of aromatic nitrogens is 5. The van der Waals surface area contributed by atoms with Crippen LogP contribution in [0.5, 0.6) is 0 Å². The SMILES string of the molecule is Cn1cc(-c2cccc(C(=O)Nc3cc(N4CC[C@H](C(C)(C)O)C4)nnc3Cl)n2)cn1. The molecule has 0 unspecified atom stereocenters. The van der Waals surface area contributed by atoms with Crippen LogP contribution in [0.2, 0.25) is 5.15 Å². The summed E-state index contributed by atoms with van der Waals surface area (Å²) in [7, 11) is 1.82. The van der Waals surface area contributed by atoms with Gasteiger partial charge in [-0.2, -0.15) is 5.10 Å². The minimum atomic E-state index is -0.767. The molecule has 162 valence electrons. The zero-order chi connectivity index (χ0) is 22.2. The van der Waals surface area contributed by atoms with Gasteiger partial charge in [-0.25, -0.2) is 4.98 Å². The molecule has 4 heterocycles. The number of anilines is 2. The van der Waals surface area contributed by atoms with Crippen LogP contribution in [-0.4, -0.2) is 54.7 Å². The molecule has 0 bridgehead atoms. The molecule has 0 radical (unpaired) electrons. The molecule has 1 aliphatic rings. The van der Waals surface area contributed by atoms with Crippen molar-refractivity contribution in [3.63, 3.8) is 0 Å². The van der Waals surface area contributed by atoms with Gasteiger partial charge in [-0.1, -0.05) is 17.7 Å². The van der Waals surface area contributed by atoms with E-state index in [2.05, 4.69) is 25.6 Å². The van der Waals surface area contributed by atoms with E-state index in [1.54, 1.807) is 29.1 Å². The molecule has 2 N–H and O–H groups in total. The number of carbonyl (C=O) groups is 1. The van der Waals surface area contributed by atoms with E-state index in [-0.39, 0.29) is 16.8 Å². The Morgan fingerprint density at radius 3 is 2.81 bits per heavy atom. The molecule has 1 aliphatic heterocycles. The molecule has 31 heavy (non-hydrogen) atoms. The topological polar surface area (TPSA) is 109 Å². The van der Waals surface area contributed by atoms with Crippen molar-refractivity contribution in [1.82, 2.24) is 25.0 Å². The summed E-state index contributed by atoms with van der Waals surface area (Å²) in [6.45, 7) is 5.02. The van der Waals surface area contributed by atoms with E-state index in [4.69, 9.17) is 11.6 Å². The van der Waals surface area contributed by atoms with Gasteiger partial charge >= 0.3 is 0 Å². The molecule has 10 heteroatoms. The van der Waals surface area contributed by atoms with Crippen molar-refractivity contribution in [2.24, 2.45) is 13.0 Å². The summed E-state index contributed by atoms with van der Waals surface area (Å²) < 4.78 is 1.68. The Labute approximate surface area is 185 Å². The van der Waals surface area contributed by atoms with Crippen molar-refractivity contribution in [3.05, 3.63) is 47.5 Å². The van der Waals surface area contributed by atoms with Crippen LogP contribution in [0.15, 0.2) is 36.7 Å². The summed E-state index contributed by atoms with van der Waals surface area (Å²) in [4.78, 5) is 19.3. The lowest BCUT2D eigenvalue weighted by Gasteiger charge is -2.25. The minimum absolute atomic E-state index is 0.0961. The predicted molar refractivity (Wildman–Crippen MR) is 118 cm³/mol. The maximum atomic E-state index is 12.8. The quantitative estimate of drug-likeness (QED) is 0.626. The number of nitrogens with zero attached hydrogens (tertiary/aromatic N) is 6. The molecular formula is C21H24ClN7O2. The number of aliphatic hydroxyl groups is 1. The van der Waals surface area contributed by atoms with E-state index < -0.39 is 11.5 Å². The second-order valence-corrected chi connectivity index (χ2v) is 8.62. The molecule has 0 aliphatic carbocycles. The van der Waals surface area contributed by atoms with E-state index in [0.717, 1.165) is 18.5 Å². The van der Waals surface area contributed by atoms with Crippen molar-refractivity contribution in [1.29, 1.82) is 0 Å². The first-order valence-corrected chi connectivity index (χ1v) is 10.4. The van der Waals surface area contributed by atoms with Gasteiger partial charge in [0.15, 0.2) is 11.0 Å². The van der Waals surface area contributed by atoms with E-state index in [0.29, 0.717) is 23.7 Å². The number of nitrogens with one attached hydrogen (secondary N) is 1. The number of rotatable bonds is 5. The number of amides is 1. The first-order chi connectivity index (χ1) is 14.7. The Kier molecular flexibility index (Phi) is 5.63. The number of halogens is 1. The molecule has 0 saturated carbocycles. The number of hydrogen-bond acceptors (Lipinski definition) is 7. The van der Waals surface area contributed by atoms with Crippen molar-refractivity contribution in [2.45, 2.75) is 25.9 Å². The lowest BCUT2D eigenvalue weighted by Crippen LogP contribution is -2.33. The largest absolute Gasteiger partial charge is 0.390 e. The third-order valence-corrected chi connectivity index (χ3v) is 5.76. The average Bonchev–Trinajstić information content (AvgIpc) is 3.39. The maximum Gasteiger partial charge on any atom is 0.274 e. The summed E-state index contributed by atoms with van der Waals surface area (Å²) in [6, 6.07) is 6.92. The fourth-order valence-corrected chi connectivity index (χ4v) is 3.76. The van der Waals surface area contributed by atoms with Gasteiger partial charge in [0.2, 0.25) is 0 Å². The highest BCUT2D eigenvalue weighted by molar-refractivity contribution is 6.32. The van der Waals surface area contributed by atoms with Crippen molar-refractivity contribution in [2.75, 3.05) is 23.3 Å². The summed E-state index contributed by atoms with van der Waals surface area (Å²) in [5.41, 5.74) is 1.31. The van der Waals surface area contributed by atoms with Crippen molar-refractivity contribution >= 4 is 29.0 Å². The average molecular weight is 442 g/mol. The van der Waals surface area contributed by atoms with Gasteiger partial charge in [0, 0.05) is 43.9 Å². The van der Waals surface area contributed by atoms with E-state index >= 15 is 0 Å². The number of pyridine rings is 1. The molecule has 0 spiro atoms. The van der Waals surface area contributed by atoms with Gasteiger partial charge in [-0.15, -0.1) is 10.2 Å². The second-order valence-electron chi connectivity index (χ2n) is 8.26. The lowest BCUT2D eigenvalue weighted by molar-refractivity contribution is 0.0263. The van der Waals surface area contributed by atoms with Crippen LogP contribution >= 0.6 is 11.6 Å². The summed E-state index contributed by atoms with van der Waals surface area (Å²) >= 11 is 6.19. The monoisotopic (exact) mass is 441 g/mol. The zero-order valence-electron chi connectivity index (χ0n) is 17.6. The van der Waals surface area contributed by atoms with Gasteiger partial charge in [0.05, 0.1) is 23.2 Å². The molecule has 9 nitrogen and oxygen atoms in total. The van der Waals surface area contributed by atoms with Gasteiger partial charge in [-0.05, 0) is 32.4 Å². The van der Waals surface area contributed by atoms with Crippen molar-refractivity contribution in [3.8, 4) is 11.3 Å².